The molecule has 0 bridgehead atoms. The molecule has 1 aliphatic rings. The number of rotatable bonds is 3. The maximum absolute atomic E-state index is 12.5. The average Bonchev–Trinajstić information content (AvgIpc) is 3.10. The minimum Gasteiger partial charge on any atom is -0.335 e. The van der Waals surface area contributed by atoms with E-state index in [4.69, 9.17) is 0 Å². The second kappa shape index (κ2) is 6.30. The Balaban J connectivity index is 1.56. The van der Waals surface area contributed by atoms with Crippen LogP contribution < -0.4 is 0 Å². The van der Waals surface area contributed by atoms with Crippen molar-refractivity contribution in [3.8, 4) is 0 Å². The Morgan fingerprint density at radius 1 is 1.24 bits per heavy atom. The van der Waals surface area contributed by atoms with Gasteiger partial charge in [-0.1, -0.05) is 6.07 Å². The van der Waals surface area contributed by atoms with Crippen LogP contribution in [0.25, 0.3) is 0 Å². The predicted molar refractivity (Wildman–Crippen MR) is 89.3 cm³/mol. The Labute approximate surface area is 133 Å². The molecule has 0 aliphatic carbocycles. The van der Waals surface area contributed by atoms with Crippen molar-refractivity contribution in [1.82, 2.24) is 9.80 Å². The Morgan fingerprint density at radius 3 is 2.57 bits per heavy atom. The number of nitrogens with zero attached hydrogens (tertiary/aromatic N) is 2. The van der Waals surface area contributed by atoms with Crippen LogP contribution in [0.2, 0.25) is 0 Å². The van der Waals surface area contributed by atoms with Gasteiger partial charge in [-0.15, -0.1) is 22.7 Å². The summed E-state index contributed by atoms with van der Waals surface area (Å²) in [5.74, 6) is 0.201. The summed E-state index contributed by atoms with van der Waals surface area (Å²) in [6.45, 7) is 8.76. The number of hydrogen-bond donors (Lipinski definition) is 0. The van der Waals surface area contributed by atoms with Gasteiger partial charge in [-0.2, -0.15) is 0 Å². The molecule has 1 aliphatic heterocycles. The molecule has 0 unspecified atom stereocenters. The van der Waals surface area contributed by atoms with Crippen LogP contribution in [-0.4, -0.2) is 41.9 Å². The molecule has 3 heterocycles. The number of aryl methyl sites for hydroxylation is 2. The zero-order chi connectivity index (χ0) is 14.8. The number of carbonyl (C=O) groups is 1. The van der Waals surface area contributed by atoms with Gasteiger partial charge >= 0.3 is 0 Å². The van der Waals surface area contributed by atoms with E-state index in [1.54, 1.807) is 22.7 Å². The standard InChI is InChI=1S/C16H20N2OS2/c1-12-10-15(21-13(12)2)16(19)18-7-5-17(6-8-18)11-14-4-3-9-20-14/h3-4,9-10H,5-8,11H2,1-2H3. The second-order valence-electron chi connectivity index (χ2n) is 5.50. The molecule has 0 atom stereocenters. The van der Waals surface area contributed by atoms with Crippen molar-refractivity contribution in [2.24, 2.45) is 0 Å². The molecule has 21 heavy (non-hydrogen) atoms. The summed E-state index contributed by atoms with van der Waals surface area (Å²) in [4.78, 5) is 20.5. The lowest BCUT2D eigenvalue weighted by molar-refractivity contribution is 0.0634. The van der Waals surface area contributed by atoms with Crippen LogP contribution in [0.4, 0.5) is 0 Å². The van der Waals surface area contributed by atoms with Gasteiger partial charge in [0.05, 0.1) is 4.88 Å². The normalized spacial score (nSPS) is 16.4. The van der Waals surface area contributed by atoms with E-state index in [1.165, 1.54) is 15.3 Å². The van der Waals surface area contributed by atoms with Crippen molar-refractivity contribution in [2.75, 3.05) is 26.2 Å². The van der Waals surface area contributed by atoms with Crippen molar-refractivity contribution >= 4 is 28.6 Å². The molecule has 0 aromatic carbocycles. The van der Waals surface area contributed by atoms with Gasteiger partial charge in [0.15, 0.2) is 0 Å². The molecular formula is C16H20N2OS2. The van der Waals surface area contributed by atoms with Gasteiger partial charge in [-0.3, -0.25) is 9.69 Å². The molecule has 0 radical (unpaired) electrons. The molecule has 1 saturated heterocycles. The largest absolute Gasteiger partial charge is 0.335 e. The van der Waals surface area contributed by atoms with E-state index in [1.807, 2.05) is 11.0 Å². The Morgan fingerprint density at radius 2 is 2.00 bits per heavy atom. The van der Waals surface area contributed by atoms with Crippen molar-refractivity contribution in [2.45, 2.75) is 20.4 Å². The maximum Gasteiger partial charge on any atom is 0.264 e. The first-order valence-corrected chi connectivity index (χ1v) is 8.94. The summed E-state index contributed by atoms with van der Waals surface area (Å²) in [7, 11) is 0. The first kappa shape index (κ1) is 14.8. The number of thiophene rings is 2. The van der Waals surface area contributed by atoms with Crippen molar-refractivity contribution in [3.05, 3.63) is 43.8 Å². The first-order chi connectivity index (χ1) is 10.1. The van der Waals surface area contributed by atoms with Crippen LogP contribution >= 0.6 is 22.7 Å². The summed E-state index contributed by atoms with van der Waals surface area (Å²) in [6, 6.07) is 6.31. The van der Waals surface area contributed by atoms with Crippen molar-refractivity contribution < 1.29 is 4.79 Å². The lowest BCUT2D eigenvalue weighted by Gasteiger charge is -2.34. The highest BCUT2D eigenvalue weighted by atomic mass is 32.1. The number of piperazine rings is 1. The third kappa shape index (κ3) is 3.36. The van der Waals surface area contributed by atoms with Crippen LogP contribution in [0.5, 0.6) is 0 Å². The third-order valence-corrected chi connectivity index (χ3v) is 6.00. The van der Waals surface area contributed by atoms with Gasteiger partial charge in [-0.05, 0) is 36.9 Å². The van der Waals surface area contributed by atoms with Gasteiger partial charge in [-0.25, -0.2) is 0 Å². The number of hydrogen-bond acceptors (Lipinski definition) is 4. The highest BCUT2D eigenvalue weighted by Crippen LogP contribution is 2.23. The van der Waals surface area contributed by atoms with E-state index in [9.17, 15) is 4.79 Å². The molecule has 0 saturated carbocycles. The molecule has 112 valence electrons. The van der Waals surface area contributed by atoms with Crippen LogP contribution in [0.3, 0.4) is 0 Å². The highest BCUT2D eigenvalue weighted by molar-refractivity contribution is 7.14. The van der Waals surface area contributed by atoms with Gasteiger partial charge in [0.25, 0.3) is 5.91 Å². The van der Waals surface area contributed by atoms with Crippen molar-refractivity contribution in [1.29, 1.82) is 0 Å². The summed E-state index contributed by atoms with van der Waals surface area (Å²) in [6.07, 6.45) is 0. The van der Waals surface area contributed by atoms with Gasteiger partial charge in [0.1, 0.15) is 0 Å². The molecule has 0 spiro atoms. The third-order valence-electron chi connectivity index (χ3n) is 4.00. The Hall–Kier alpha value is -1.17. The molecule has 3 nitrogen and oxygen atoms in total. The monoisotopic (exact) mass is 320 g/mol. The minimum absolute atomic E-state index is 0.201. The Kier molecular flexibility index (Phi) is 4.42. The number of carbonyl (C=O) groups excluding carboxylic acids is 1. The van der Waals surface area contributed by atoms with Gasteiger partial charge in [0, 0.05) is 42.5 Å². The lowest BCUT2D eigenvalue weighted by Crippen LogP contribution is -2.48. The summed E-state index contributed by atoms with van der Waals surface area (Å²) < 4.78 is 0. The quantitative estimate of drug-likeness (QED) is 0.865. The highest BCUT2D eigenvalue weighted by Gasteiger charge is 2.23. The lowest BCUT2D eigenvalue weighted by atomic mass is 10.2. The van der Waals surface area contributed by atoms with Crippen LogP contribution in [0.15, 0.2) is 23.6 Å². The molecule has 1 amide bonds. The van der Waals surface area contributed by atoms with Crippen LogP contribution in [0.1, 0.15) is 25.0 Å². The van der Waals surface area contributed by atoms with E-state index in [0.717, 1.165) is 37.6 Å². The molecule has 2 aromatic heterocycles. The SMILES string of the molecule is Cc1cc(C(=O)N2CCN(Cc3cccs3)CC2)sc1C. The zero-order valence-electron chi connectivity index (χ0n) is 12.5. The summed E-state index contributed by atoms with van der Waals surface area (Å²) in [5.41, 5.74) is 1.22. The average molecular weight is 320 g/mol. The van der Waals surface area contributed by atoms with E-state index in [0.29, 0.717) is 0 Å². The molecule has 2 aromatic rings. The fourth-order valence-electron chi connectivity index (χ4n) is 2.57. The number of amides is 1. The first-order valence-electron chi connectivity index (χ1n) is 7.24. The molecule has 1 fully saturated rings. The summed E-state index contributed by atoms with van der Waals surface area (Å²) in [5, 5.41) is 2.12. The molecule has 0 N–H and O–H groups in total. The van der Waals surface area contributed by atoms with E-state index < -0.39 is 0 Å². The molecule has 3 rings (SSSR count). The van der Waals surface area contributed by atoms with Gasteiger partial charge in [0.2, 0.25) is 0 Å². The Bertz CT molecular complexity index is 591. The smallest absolute Gasteiger partial charge is 0.264 e. The zero-order valence-corrected chi connectivity index (χ0v) is 14.1. The van der Waals surface area contributed by atoms with Gasteiger partial charge < -0.3 is 4.90 Å². The summed E-state index contributed by atoms with van der Waals surface area (Å²) >= 11 is 3.42. The minimum atomic E-state index is 0.201. The topological polar surface area (TPSA) is 23.6 Å². The van der Waals surface area contributed by atoms with E-state index in [2.05, 4.69) is 36.3 Å². The maximum atomic E-state index is 12.5. The molecule has 5 heteroatoms. The fraction of sp³-hybridized carbons (Fsp3) is 0.438. The predicted octanol–water partition coefficient (Wildman–Crippen LogP) is 3.38. The second-order valence-corrected chi connectivity index (χ2v) is 7.79. The van der Waals surface area contributed by atoms with E-state index >= 15 is 0 Å². The van der Waals surface area contributed by atoms with Crippen molar-refractivity contribution in [3.63, 3.8) is 0 Å². The molecular weight excluding hydrogens is 300 g/mol. The van der Waals surface area contributed by atoms with Crippen LogP contribution in [0, 0.1) is 13.8 Å². The fourth-order valence-corrected chi connectivity index (χ4v) is 4.31. The van der Waals surface area contributed by atoms with Crippen LogP contribution in [-0.2, 0) is 6.54 Å². The van der Waals surface area contributed by atoms with E-state index in [-0.39, 0.29) is 5.91 Å².